The second kappa shape index (κ2) is 23.4. The summed E-state index contributed by atoms with van der Waals surface area (Å²) in [6.07, 6.45) is 4.78. The number of primary amides is 1. The van der Waals surface area contributed by atoms with E-state index in [4.69, 9.17) is 45.9 Å². The molecule has 0 saturated carbocycles. The summed E-state index contributed by atoms with van der Waals surface area (Å²) in [5, 5.41) is 12.6. The average Bonchev–Trinajstić information content (AvgIpc) is 3.84. The van der Waals surface area contributed by atoms with Gasteiger partial charge in [-0.05, 0) is 61.8 Å². The Morgan fingerprint density at radius 3 is 1.31 bits per heavy atom. The molecule has 62 heavy (non-hydrogen) atoms. The summed E-state index contributed by atoms with van der Waals surface area (Å²) in [4.78, 5) is 87.0. The number of aromatic amines is 2. The molecule has 5 amide bonds. The van der Waals surface area contributed by atoms with Crippen LogP contribution in [0.2, 0.25) is 0 Å². The van der Waals surface area contributed by atoms with Crippen LogP contribution < -0.4 is 67.1 Å². The maximum atomic E-state index is 14.6. The van der Waals surface area contributed by atoms with Crippen molar-refractivity contribution >= 4 is 69.2 Å². The van der Waals surface area contributed by atoms with E-state index in [9.17, 15) is 24.0 Å². The van der Waals surface area contributed by atoms with E-state index in [1.807, 2.05) is 48.5 Å². The van der Waals surface area contributed by atoms with E-state index in [1.165, 1.54) is 0 Å². The summed E-state index contributed by atoms with van der Waals surface area (Å²) in [5.74, 6) is -3.92. The molecule has 0 fully saturated rings. The minimum Gasteiger partial charge on any atom is -0.370 e. The first kappa shape index (κ1) is 47.3. The molecular formula is C40H59N17O5. The van der Waals surface area contributed by atoms with Crippen LogP contribution in [0.25, 0.3) is 21.8 Å². The largest absolute Gasteiger partial charge is 0.370 e. The van der Waals surface area contributed by atoms with Crippen LogP contribution in [0.15, 0.2) is 75.9 Å². The summed E-state index contributed by atoms with van der Waals surface area (Å²) in [6.45, 7) is 0.586. The third kappa shape index (κ3) is 14.7. The molecule has 0 saturated heterocycles. The number of hydrogen-bond donors (Lipinski definition) is 14. The van der Waals surface area contributed by atoms with Gasteiger partial charge in [-0.25, -0.2) is 0 Å². The zero-order valence-corrected chi connectivity index (χ0v) is 34.4. The SMILES string of the molecule is NC(=O)[C@H](CCCN=C(N)N)NC(=O)[C@H](Cc1c[nH]c2ccccc12)NC(=O)[C@H](Cc1c[nH]c2ccccc12)NC(=O)[C@H](CCCN=C(N)N)NC(=O)[C@@H](N)CCCN=C(N)N. The van der Waals surface area contributed by atoms with Crippen LogP contribution >= 0.6 is 0 Å². The van der Waals surface area contributed by atoms with Crippen LogP contribution in [-0.4, -0.2) is 107 Å². The molecule has 2 aromatic heterocycles. The zero-order chi connectivity index (χ0) is 45.2. The molecule has 0 aliphatic carbocycles. The Morgan fingerprint density at radius 2 is 0.871 bits per heavy atom. The fourth-order valence-corrected chi connectivity index (χ4v) is 6.77. The van der Waals surface area contributed by atoms with Gasteiger partial charge in [-0.2, -0.15) is 0 Å². The number of aliphatic imine (C=N–C) groups is 3. The molecular weight excluding hydrogens is 799 g/mol. The lowest BCUT2D eigenvalue weighted by Gasteiger charge is -2.27. The van der Waals surface area contributed by atoms with Crippen molar-refractivity contribution in [2.24, 2.45) is 60.8 Å². The Balaban J connectivity index is 1.65. The number of guanidine groups is 3. The molecule has 0 radical (unpaired) electrons. The lowest BCUT2D eigenvalue weighted by atomic mass is 10.0. The number of fused-ring (bicyclic) bond motifs is 2. The van der Waals surface area contributed by atoms with Gasteiger partial charge in [0.2, 0.25) is 29.5 Å². The Kier molecular flexibility index (Phi) is 17.9. The number of amides is 5. The highest BCUT2D eigenvalue weighted by molar-refractivity contribution is 5.97. The number of rotatable bonds is 25. The average molecular weight is 858 g/mol. The van der Waals surface area contributed by atoms with Gasteiger partial charge in [0.05, 0.1) is 6.04 Å². The topological polar surface area (TPSA) is 410 Å². The van der Waals surface area contributed by atoms with Crippen LogP contribution in [0.1, 0.15) is 49.7 Å². The maximum absolute atomic E-state index is 14.6. The molecule has 5 atom stereocenters. The van der Waals surface area contributed by atoms with Gasteiger partial charge in [0.25, 0.3) is 0 Å². The van der Waals surface area contributed by atoms with Crippen molar-refractivity contribution < 1.29 is 24.0 Å². The molecule has 4 aromatic rings. The third-order valence-electron chi connectivity index (χ3n) is 9.95. The number of nitrogens with one attached hydrogen (secondary N) is 6. The molecule has 2 aromatic carbocycles. The van der Waals surface area contributed by atoms with Crippen molar-refractivity contribution in [1.82, 2.24) is 31.2 Å². The molecule has 4 rings (SSSR count). The van der Waals surface area contributed by atoms with Gasteiger partial charge in [-0.1, -0.05) is 36.4 Å². The van der Waals surface area contributed by atoms with Crippen LogP contribution in [0.5, 0.6) is 0 Å². The van der Waals surface area contributed by atoms with E-state index in [2.05, 4.69) is 46.2 Å². The van der Waals surface area contributed by atoms with Gasteiger partial charge in [0.15, 0.2) is 17.9 Å². The molecule has 2 heterocycles. The van der Waals surface area contributed by atoms with Gasteiger partial charge in [0, 0.05) is 66.7 Å². The first-order valence-corrected chi connectivity index (χ1v) is 20.2. The molecule has 22 N–H and O–H groups in total. The quantitative estimate of drug-likeness (QED) is 0.0185. The molecule has 0 unspecified atom stereocenters. The van der Waals surface area contributed by atoms with Crippen LogP contribution in [0, 0.1) is 0 Å². The van der Waals surface area contributed by atoms with Crippen molar-refractivity contribution in [3.8, 4) is 0 Å². The normalized spacial score (nSPS) is 13.4. The van der Waals surface area contributed by atoms with Gasteiger partial charge in [0.1, 0.15) is 24.2 Å². The van der Waals surface area contributed by atoms with E-state index in [1.54, 1.807) is 12.4 Å². The van der Waals surface area contributed by atoms with Gasteiger partial charge in [-0.15, -0.1) is 0 Å². The minimum atomic E-state index is -1.29. The van der Waals surface area contributed by atoms with Gasteiger partial charge in [-0.3, -0.25) is 38.9 Å². The second-order valence-corrected chi connectivity index (χ2v) is 14.7. The Bertz CT molecular complexity index is 2240. The van der Waals surface area contributed by atoms with E-state index in [0.717, 1.165) is 21.8 Å². The molecule has 0 spiro atoms. The predicted molar refractivity (Wildman–Crippen MR) is 239 cm³/mol. The van der Waals surface area contributed by atoms with Crippen LogP contribution in [0.4, 0.5) is 0 Å². The fourth-order valence-electron chi connectivity index (χ4n) is 6.77. The minimum absolute atomic E-state index is 0.0145. The Hall–Kier alpha value is -7.36. The predicted octanol–water partition coefficient (Wildman–Crippen LogP) is -2.65. The molecule has 0 aliphatic rings. The first-order valence-electron chi connectivity index (χ1n) is 20.2. The van der Waals surface area contributed by atoms with E-state index in [0.29, 0.717) is 24.0 Å². The highest BCUT2D eigenvalue weighted by Gasteiger charge is 2.33. The highest BCUT2D eigenvalue weighted by Crippen LogP contribution is 2.21. The van der Waals surface area contributed by atoms with Crippen molar-refractivity contribution in [2.75, 3.05) is 19.6 Å². The fraction of sp³-hybridized carbons (Fsp3) is 0.400. The van der Waals surface area contributed by atoms with Crippen molar-refractivity contribution in [3.63, 3.8) is 0 Å². The Morgan fingerprint density at radius 1 is 0.500 bits per heavy atom. The van der Waals surface area contributed by atoms with Gasteiger partial charge >= 0.3 is 0 Å². The monoisotopic (exact) mass is 857 g/mol. The summed E-state index contributed by atoms with van der Waals surface area (Å²) in [5.41, 5.74) is 47.5. The lowest BCUT2D eigenvalue weighted by molar-refractivity contribution is -0.134. The summed E-state index contributed by atoms with van der Waals surface area (Å²) in [6, 6.07) is 8.96. The summed E-state index contributed by atoms with van der Waals surface area (Å²) >= 11 is 0. The van der Waals surface area contributed by atoms with E-state index in [-0.39, 0.29) is 76.0 Å². The highest BCUT2D eigenvalue weighted by atomic mass is 16.2. The summed E-state index contributed by atoms with van der Waals surface area (Å²) in [7, 11) is 0. The van der Waals surface area contributed by atoms with Crippen molar-refractivity contribution in [2.45, 2.75) is 81.6 Å². The maximum Gasteiger partial charge on any atom is 0.243 e. The van der Waals surface area contributed by atoms with Crippen molar-refractivity contribution in [3.05, 3.63) is 72.1 Å². The molecule has 334 valence electrons. The number of H-pyrrole nitrogens is 2. The number of aromatic nitrogens is 2. The number of benzene rings is 2. The third-order valence-corrected chi connectivity index (χ3v) is 9.95. The number of hydrogen-bond acceptors (Lipinski definition) is 9. The molecule has 0 bridgehead atoms. The zero-order valence-electron chi connectivity index (χ0n) is 34.4. The molecule has 0 aliphatic heterocycles. The number of carbonyl (C=O) groups excluding carboxylic acids is 5. The van der Waals surface area contributed by atoms with E-state index < -0.39 is 59.7 Å². The summed E-state index contributed by atoms with van der Waals surface area (Å²) < 4.78 is 0. The van der Waals surface area contributed by atoms with Crippen LogP contribution in [-0.2, 0) is 36.8 Å². The van der Waals surface area contributed by atoms with Crippen molar-refractivity contribution in [1.29, 1.82) is 0 Å². The molecule has 22 nitrogen and oxygen atoms in total. The second-order valence-electron chi connectivity index (χ2n) is 14.7. The van der Waals surface area contributed by atoms with Gasteiger partial charge < -0.3 is 77.1 Å². The standard InChI is InChI=1S/C40H59N17O5/c41-26(10-5-15-49-38(43)44)34(59)55-30(14-7-17-51-40(47)48)35(60)56-32(19-23-21-53-28-12-4-2-9-25(23)28)37(62)57-31(18-22-20-52-27-11-3-1-8-24(22)27)36(61)54-29(33(42)58)13-6-16-50-39(45)46/h1-4,8-9,11-12,20-21,26,29-32,52-53H,5-7,10,13-19,41H2,(H2,42,58)(H,54,61)(H,55,59)(H,56,60)(H,57,62)(H4,43,44,49)(H4,45,46,50)(H4,47,48,51)/t26-,29-,30-,31-,32-/m0/s1. The smallest absolute Gasteiger partial charge is 0.243 e. The van der Waals surface area contributed by atoms with Crippen LogP contribution in [0.3, 0.4) is 0 Å². The van der Waals surface area contributed by atoms with E-state index >= 15 is 0 Å². The lowest BCUT2D eigenvalue weighted by Crippen LogP contribution is -2.59. The number of nitrogens with zero attached hydrogens (tertiary/aromatic N) is 3. The number of para-hydroxylation sites is 2. The number of nitrogens with two attached hydrogens (primary N) is 8. The number of carbonyl (C=O) groups is 5. The Labute approximate surface area is 357 Å². The molecule has 22 heteroatoms. The first-order chi connectivity index (χ1) is 29.6.